The highest BCUT2D eigenvalue weighted by Crippen LogP contribution is 2.27. The molecule has 0 aliphatic carbocycles. The van der Waals surface area contributed by atoms with Crippen LogP contribution in [0.1, 0.15) is 29.2 Å². The molecule has 1 unspecified atom stereocenters. The highest BCUT2D eigenvalue weighted by molar-refractivity contribution is 5.36. The smallest absolute Gasteiger partial charge is 0.123 e. The number of aryl methyl sites for hydroxylation is 2. The molecule has 0 aliphatic heterocycles. The lowest BCUT2D eigenvalue weighted by atomic mass is 9.98. The molecule has 0 bridgehead atoms. The van der Waals surface area contributed by atoms with E-state index < -0.39 is 0 Å². The van der Waals surface area contributed by atoms with Gasteiger partial charge in [-0.05, 0) is 31.4 Å². The predicted octanol–water partition coefficient (Wildman–Crippen LogP) is 3.14. The summed E-state index contributed by atoms with van der Waals surface area (Å²) in [5, 5.41) is 0. The Balaban J connectivity index is 2.07. The molecule has 0 radical (unpaired) electrons. The number of para-hydroxylation sites is 1. The second kappa shape index (κ2) is 7.08. The van der Waals surface area contributed by atoms with E-state index in [2.05, 4.69) is 42.7 Å². The monoisotopic (exact) mass is 270 g/mol. The number of methoxy groups -OCH3 is 1. The van der Waals surface area contributed by atoms with Crippen molar-refractivity contribution >= 4 is 0 Å². The SMILES string of the molecule is COc1ccccc1C(CCc1ccc(C)cc1)NN. The molecule has 0 saturated carbocycles. The fourth-order valence-electron chi connectivity index (χ4n) is 2.35. The summed E-state index contributed by atoms with van der Waals surface area (Å²) in [4.78, 5) is 0. The van der Waals surface area contributed by atoms with Crippen molar-refractivity contribution in [2.75, 3.05) is 7.11 Å². The fraction of sp³-hybridized carbons (Fsp3) is 0.294. The first-order chi connectivity index (χ1) is 9.74. The summed E-state index contributed by atoms with van der Waals surface area (Å²) in [6, 6.07) is 16.7. The van der Waals surface area contributed by atoms with E-state index in [9.17, 15) is 0 Å². The first-order valence-corrected chi connectivity index (χ1v) is 6.89. The van der Waals surface area contributed by atoms with Gasteiger partial charge in [-0.15, -0.1) is 0 Å². The summed E-state index contributed by atoms with van der Waals surface area (Å²) < 4.78 is 5.40. The minimum absolute atomic E-state index is 0.0902. The van der Waals surface area contributed by atoms with Crippen molar-refractivity contribution in [3.63, 3.8) is 0 Å². The minimum atomic E-state index is 0.0902. The largest absolute Gasteiger partial charge is 0.496 e. The van der Waals surface area contributed by atoms with E-state index in [0.29, 0.717) is 0 Å². The van der Waals surface area contributed by atoms with Crippen LogP contribution in [0.15, 0.2) is 48.5 Å². The number of nitrogens with two attached hydrogens (primary N) is 1. The van der Waals surface area contributed by atoms with Gasteiger partial charge in [0, 0.05) is 11.6 Å². The molecule has 0 saturated heterocycles. The van der Waals surface area contributed by atoms with Crippen molar-refractivity contribution in [2.45, 2.75) is 25.8 Å². The maximum atomic E-state index is 5.71. The molecule has 0 aliphatic rings. The van der Waals surface area contributed by atoms with E-state index in [1.807, 2.05) is 18.2 Å². The molecule has 0 amide bonds. The van der Waals surface area contributed by atoms with Crippen molar-refractivity contribution in [2.24, 2.45) is 5.84 Å². The molecule has 0 heterocycles. The molecule has 3 N–H and O–H groups in total. The maximum Gasteiger partial charge on any atom is 0.123 e. The Labute approximate surface area is 120 Å². The highest BCUT2D eigenvalue weighted by atomic mass is 16.5. The molecule has 1 atom stereocenters. The second-order valence-electron chi connectivity index (χ2n) is 4.99. The lowest BCUT2D eigenvalue weighted by Gasteiger charge is -2.19. The van der Waals surface area contributed by atoms with Gasteiger partial charge in [0.1, 0.15) is 5.75 Å². The number of ether oxygens (including phenoxy) is 1. The lowest BCUT2D eigenvalue weighted by molar-refractivity contribution is 0.396. The van der Waals surface area contributed by atoms with Gasteiger partial charge in [0.2, 0.25) is 0 Å². The summed E-state index contributed by atoms with van der Waals surface area (Å²) >= 11 is 0. The predicted molar refractivity (Wildman–Crippen MR) is 82.6 cm³/mol. The Morgan fingerprint density at radius 3 is 2.45 bits per heavy atom. The number of hydrazine groups is 1. The number of benzene rings is 2. The summed E-state index contributed by atoms with van der Waals surface area (Å²) in [6.07, 6.45) is 1.91. The first kappa shape index (κ1) is 14.6. The van der Waals surface area contributed by atoms with E-state index in [1.54, 1.807) is 7.11 Å². The molecule has 0 spiro atoms. The van der Waals surface area contributed by atoms with E-state index in [1.165, 1.54) is 11.1 Å². The maximum absolute atomic E-state index is 5.71. The molecular formula is C17H22N2O. The van der Waals surface area contributed by atoms with Crippen molar-refractivity contribution in [1.82, 2.24) is 5.43 Å². The quantitative estimate of drug-likeness (QED) is 0.626. The number of rotatable bonds is 6. The van der Waals surface area contributed by atoms with Crippen molar-refractivity contribution in [3.05, 3.63) is 65.2 Å². The van der Waals surface area contributed by atoms with Gasteiger partial charge in [-0.1, -0.05) is 48.0 Å². The van der Waals surface area contributed by atoms with Gasteiger partial charge >= 0.3 is 0 Å². The van der Waals surface area contributed by atoms with Crippen molar-refractivity contribution in [1.29, 1.82) is 0 Å². The standard InChI is InChI=1S/C17H22N2O/c1-13-7-9-14(10-8-13)11-12-16(19-18)15-5-3-4-6-17(15)20-2/h3-10,16,19H,11-12,18H2,1-2H3. The summed E-state index contributed by atoms with van der Waals surface area (Å²) in [5.41, 5.74) is 6.61. The van der Waals surface area contributed by atoms with Crippen LogP contribution in [0.25, 0.3) is 0 Å². The third kappa shape index (κ3) is 3.59. The molecule has 106 valence electrons. The molecule has 2 aromatic rings. The molecule has 3 heteroatoms. The van der Waals surface area contributed by atoms with Gasteiger partial charge in [-0.25, -0.2) is 0 Å². The Bertz CT molecular complexity index is 537. The fourth-order valence-corrected chi connectivity index (χ4v) is 2.35. The normalized spacial score (nSPS) is 12.2. The minimum Gasteiger partial charge on any atom is -0.496 e. The lowest BCUT2D eigenvalue weighted by Crippen LogP contribution is -2.28. The zero-order chi connectivity index (χ0) is 14.4. The van der Waals surface area contributed by atoms with Crippen LogP contribution in [0.4, 0.5) is 0 Å². The average Bonchev–Trinajstić information content (AvgIpc) is 2.50. The zero-order valence-electron chi connectivity index (χ0n) is 12.1. The van der Waals surface area contributed by atoms with Gasteiger partial charge in [0.25, 0.3) is 0 Å². The van der Waals surface area contributed by atoms with E-state index >= 15 is 0 Å². The molecular weight excluding hydrogens is 248 g/mol. The van der Waals surface area contributed by atoms with Crippen LogP contribution in [-0.4, -0.2) is 7.11 Å². The highest BCUT2D eigenvalue weighted by Gasteiger charge is 2.14. The van der Waals surface area contributed by atoms with Crippen LogP contribution in [0.2, 0.25) is 0 Å². The summed E-state index contributed by atoms with van der Waals surface area (Å²) in [5.74, 6) is 6.59. The summed E-state index contributed by atoms with van der Waals surface area (Å²) in [6.45, 7) is 2.10. The number of nitrogens with one attached hydrogen (secondary N) is 1. The number of hydrogen-bond acceptors (Lipinski definition) is 3. The molecule has 0 aromatic heterocycles. The van der Waals surface area contributed by atoms with Gasteiger partial charge in [0.05, 0.1) is 7.11 Å². The van der Waals surface area contributed by atoms with Crippen LogP contribution in [-0.2, 0) is 6.42 Å². The van der Waals surface area contributed by atoms with Crippen LogP contribution < -0.4 is 16.0 Å². The van der Waals surface area contributed by atoms with E-state index in [-0.39, 0.29) is 6.04 Å². The third-order valence-electron chi connectivity index (χ3n) is 3.56. The van der Waals surface area contributed by atoms with Gasteiger partial charge < -0.3 is 4.74 Å². The molecule has 2 aromatic carbocycles. The Morgan fingerprint density at radius 1 is 1.10 bits per heavy atom. The van der Waals surface area contributed by atoms with Gasteiger partial charge in [-0.3, -0.25) is 11.3 Å². The molecule has 3 nitrogen and oxygen atoms in total. The van der Waals surface area contributed by atoms with Crippen molar-refractivity contribution < 1.29 is 4.74 Å². The van der Waals surface area contributed by atoms with Crippen LogP contribution >= 0.6 is 0 Å². The third-order valence-corrected chi connectivity index (χ3v) is 3.56. The zero-order valence-corrected chi connectivity index (χ0v) is 12.1. The topological polar surface area (TPSA) is 47.3 Å². The molecule has 2 rings (SSSR count). The molecule has 20 heavy (non-hydrogen) atoms. The molecule has 0 fully saturated rings. The van der Waals surface area contributed by atoms with E-state index in [4.69, 9.17) is 10.6 Å². The second-order valence-corrected chi connectivity index (χ2v) is 4.99. The average molecular weight is 270 g/mol. The van der Waals surface area contributed by atoms with Crippen LogP contribution in [0.5, 0.6) is 5.75 Å². The Hall–Kier alpha value is -1.84. The van der Waals surface area contributed by atoms with Crippen molar-refractivity contribution in [3.8, 4) is 5.75 Å². The Kier molecular flexibility index (Phi) is 5.16. The van der Waals surface area contributed by atoms with Crippen LogP contribution in [0.3, 0.4) is 0 Å². The van der Waals surface area contributed by atoms with Gasteiger partial charge in [0.15, 0.2) is 0 Å². The number of hydrogen-bond donors (Lipinski definition) is 2. The van der Waals surface area contributed by atoms with Gasteiger partial charge in [-0.2, -0.15) is 0 Å². The first-order valence-electron chi connectivity index (χ1n) is 6.89. The van der Waals surface area contributed by atoms with E-state index in [0.717, 1.165) is 24.2 Å². The Morgan fingerprint density at radius 2 is 1.80 bits per heavy atom. The summed E-state index contributed by atoms with van der Waals surface area (Å²) in [7, 11) is 1.69. The van der Waals surface area contributed by atoms with Crippen LogP contribution in [0, 0.1) is 6.92 Å².